The SMILES string of the molecule is Cc1cc(Cl)ccc1NC(=O)COC(=O)CC(NC(N)=O)c1ccc(Cl)cc1. The van der Waals surface area contributed by atoms with Crippen LogP contribution < -0.4 is 16.4 Å². The van der Waals surface area contributed by atoms with Gasteiger partial charge in [0.05, 0.1) is 12.5 Å². The first-order valence-electron chi connectivity index (χ1n) is 8.27. The number of benzene rings is 2. The lowest BCUT2D eigenvalue weighted by Gasteiger charge is -2.17. The third-order valence-electron chi connectivity index (χ3n) is 3.79. The second-order valence-corrected chi connectivity index (χ2v) is 6.86. The molecule has 0 fully saturated rings. The van der Waals surface area contributed by atoms with E-state index in [-0.39, 0.29) is 6.42 Å². The molecule has 4 N–H and O–H groups in total. The molecule has 7 nitrogen and oxygen atoms in total. The smallest absolute Gasteiger partial charge is 0.312 e. The van der Waals surface area contributed by atoms with Gasteiger partial charge in [-0.2, -0.15) is 0 Å². The molecule has 0 spiro atoms. The Labute approximate surface area is 172 Å². The van der Waals surface area contributed by atoms with Gasteiger partial charge in [0.25, 0.3) is 5.91 Å². The first kappa shape index (κ1) is 21.5. The fourth-order valence-corrected chi connectivity index (χ4v) is 2.80. The fraction of sp³-hybridized carbons (Fsp3) is 0.211. The molecule has 0 saturated heterocycles. The molecular formula is C19H19Cl2N3O4. The number of nitrogens with two attached hydrogens (primary N) is 1. The summed E-state index contributed by atoms with van der Waals surface area (Å²) in [6, 6.07) is 10.1. The summed E-state index contributed by atoms with van der Waals surface area (Å²) < 4.78 is 5.00. The van der Waals surface area contributed by atoms with Crippen molar-refractivity contribution in [2.75, 3.05) is 11.9 Å². The average Bonchev–Trinajstić information content (AvgIpc) is 2.62. The molecule has 9 heteroatoms. The lowest BCUT2D eigenvalue weighted by molar-refractivity contribution is -0.147. The highest BCUT2D eigenvalue weighted by Crippen LogP contribution is 2.21. The zero-order valence-electron chi connectivity index (χ0n) is 15.0. The molecule has 0 saturated carbocycles. The minimum Gasteiger partial charge on any atom is -0.455 e. The number of esters is 1. The van der Waals surface area contributed by atoms with Crippen LogP contribution in [0.5, 0.6) is 0 Å². The normalized spacial score (nSPS) is 11.4. The predicted molar refractivity (Wildman–Crippen MR) is 107 cm³/mol. The Morgan fingerprint density at radius 3 is 2.32 bits per heavy atom. The Hall–Kier alpha value is -2.77. The summed E-state index contributed by atoms with van der Waals surface area (Å²) in [7, 11) is 0. The molecule has 0 aliphatic carbocycles. The Morgan fingerprint density at radius 2 is 1.71 bits per heavy atom. The van der Waals surface area contributed by atoms with E-state index < -0.39 is 30.6 Å². The topological polar surface area (TPSA) is 111 Å². The van der Waals surface area contributed by atoms with Gasteiger partial charge in [-0.05, 0) is 48.4 Å². The van der Waals surface area contributed by atoms with Gasteiger partial charge in [0.1, 0.15) is 0 Å². The summed E-state index contributed by atoms with van der Waals surface area (Å²) in [5.74, 6) is -1.17. The van der Waals surface area contributed by atoms with E-state index in [2.05, 4.69) is 10.6 Å². The van der Waals surface area contributed by atoms with Gasteiger partial charge in [0.15, 0.2) is 6.61 Å². The predicted octanol–water partition coefficient (Wildman–Crippen LogP) is 3.58. The maximum absolute atomic E-state index is 12.1. The first-order chi connectivity index (χ1) is 13.2. The van der Waals surface area contributed by atoms with E-state index in [1.54, 1.807) is 49.4 Å². The molecule has 2 aromatic rings. The number of urea groups is 1. The number of primary amides is 1. The molecule has 1 atom stereocenters. The van der Waals surface area contributed by atoms with Crippen molar-refractivity contribution in [2.24, 2.45) is 5.73 Å². The summed E-state index contributed by atoms with van der Waals surface area (Å²) in [6.45, 7) is 1.32. The third kappa shape index (κ3) is 6.75. The van der Waals surface area contributed by atoms with E-state index in [1.165, 1.54) is 0 Å². The van der Waals surface area contributed by atoms with Crippen LogP contribution in [0.25, 0.3) is 0 Å². The molecule has 0 heterocycles. The monoisotopic (exact) mass is 423 g/mol. The fourth-order valence-electron chi connectivity index (χ4n) is 2.44. The van der Waals surface area contributed by atoms with Gasteiger partial charge < -0.3 is 21.1 Å². The van der Waals surface area contributed by atoms with E-state index in [0.29, 0.717) is 21.3 Å². The molecule has 2 rings (SSSR count). The van der Waals surface area contributed by atoms with Gasteiger partial charge in [-0.15, -0.1) is 0 Å². The Bertz CT molecular complexity index is 872. The van der Waals surface area contributed by atoms with Crippen molar-refractivity contribution < 1.29 is 19.1 Å². The molecule has 0 aliphatic rings. The molecule has 2 aromatic carbocycles. The van der Waals surface area contributed by atoms with Crippen LogP contribution in [0.15, 0.2) is 42.5 Å². The number of rotatable bonds is 7. The standard InChI is InChI=1S/C19H19Cl2N3O4/c1-11-8-14(21)6-7-15(11)23-17(25)10-28-18(26)9-16(24-19(22)27)12-2-4-13(20)5-3-12/h2-8,16H,9-10H2,1H3,(H,23,25)(H3,22,24,27). The van der Waals surface area contributed by atoms with Crippen molar-refractivity contribution in [3.8, 4) is 0 Å². The lowest BCUT2D eigenvalue weighted by atomic mass is 10.0. The van der Waals surface area contributed by atoms with Gasteiger partial charge in [-0.3, -0.25) is 9.59 Å². The van der Waals surface area contributed by atoms with E-state index in [1.807, 2.05) is 0 Å². The van der Waals surface area contributed by atoms with Crippen molar-refractivity contribution in [3.05, 3.63) is 63.6 Å². The number of amides is 3. The summed E-state index contributed by atoms with van der Waals surface area (Å²) in [5, 5.41) is 6.17. The highest BCUT2D eigenvalue weighted by Gasteiger charge is 2.19. The number of aryl methyl sites for hydroxylation is 1. The van der Waals surface area contributed by atoms with Crippen molar-refractivity contribution in [2.45, 2.75) is 19.4 Å². The minimum atomic E-state index is -0.788. The zero-order valence-corrected chi connectivity index (χ0v) is 16.5. The number of anilines is 1. The van der Waals surface area contributed by atoms with Gasteiger partial charge in [0.2, 0.25) is 0 Å². The maximum atomic E-state index is 12.1. The number of carbonyl (C=O) groups excluding carboxylic acids is 3. The summed E-state index contributed by atoms with van der Waals surface area (Å²) in [6.07, 6.45) is -0.197. The molecule has 3 amide bonds. The molecular weight excluding hydrogens is 405 g/mol. The second-order valence-electron chi connectivity index (χ2n) is 5.98. The number of carbonyl (C=O) groups is 3. The van der Waals surface area contributed by atoms with Gasteiger partial charge in [-0.25, -0.2) is 4.79 Å². The molecule has 0 radical (unpaired) electrons. The van der Waals surface area contributed by atoms with E-state index >= 15 is 0 Å². The number of hydrogen-bond acceptors (Lipinski definition) is 4. The summed E-state index contributed by atoms with van der Waals surface area (Å²) >= 11 is 11.7. The molecule has 28 heavy (non-hydrogen) atoms. The Kier molecular flexibility index (Phi) is 7.66. The van der Waals surface area contributed by atoms with E-state index in [0.717, 1.165) is 5.56 Å². The van der Waals surface area contributed by atoms with Crippen LogP contribution in [-0.2, 0) is 14.3 Å². The second kappa shape index (κ2) is 9.96. The average molecular weight is 424 g/mol. The number of ether oxygens (including phenoxy) is 1. The highest BCUT2D eigenvalue weighted by atomic mass is 35.5. The van der Waals surface area contributed by atoms with E-state index in [9.17, 15) is 14.4 Å². The molecule has 0 aromatic heterocycles. The van der Waals surface area contributed by atoms with Crippen LogP contribution in [-0.4, -0.2) is 24.5 Å². The van der Waals surface area contributed by atoms with Crippen molar-refractivity contribution in [1.82, 2.24) is 5.32 Å². The highest BCUT2D eigenvalue weighted by molar-refractivity contribution is 6.31. The molecule has 0 aliphatic heterocycles. The van der Waals surface area contributed by atoms with Crippen molar-refractivity contribution >= 4 is 46.8 Å². The van der Waals surface area contributed by atoms with Crippen LogP contribution in [0.4, 0.5) is 10.5 Å². The van der Waals surface area contributed by atoms with Gasteiger partial charge in [-0.1, -0.05) is 35.3 Å². The number of nitrogens with one attached hydrogen (secondary N) is 2. The van der Waals surface area contributed by atoms with Crippen LogP contribution in [0, 0.1) is 6.92 Å². The number of hydrogen-bond donors (Lipinski definition) is 3. The third-order valence-corrected chi connectivity index (χ3v) is 4.27. The number of halogens is 2. The quantitative estimate of drug-likeness (QED) is 0.590. The van der Waals surface area contributed by atoms with Crippen LogP contribution in [0.1, 0.15) is 23.6 Å². The van der Waals surface area contributed by atoms with Gasteiger partial charge in [0, 0.05) is 15.7 Å². The lowest BCUT2D eigenvalue weighted by Crippen LogP contribution is -2.35. The maximum Gasteiger partial charge on any atom is 0.312 e. The summed E-state index contributed by atoms with van der Waals surface area (Å²) in [4.78, 5) is 35.3. The minimum absolute atomic E-state index is 0.197. The van der Waals surface area contributed by atoms with Crippen LogP contribution >= 0.6 is 23.2 Å². The Balaban J connectivity index is 1.92. The molecule has 0 bridgehead atoms. The molecule has 1 unspecified atom stereocenters. The zero-order chi connectivity index (χ0) is 20.7. The first-order valence-corrected chi connectivity index (χ1v) is 9.03. The largest absolute Gasteiger partial charge is 0.455 e. The van der Waals surface area contributed by atoms with Crippen LogP contribution in [0.2, 0.25) is 10.0 Å². The molecule has 148 valence electrons. The van der Waals surface area contributed by atoms with Gasteiger partial charge >= 0.3 is 12.0 Å². The van der Waals surface area contributed by atoms with Crippen molar-refractivity contribution in [1.29, 1.82) is 0 Å². The summed E-state index contributed by atoms with van der Waals surface area (Å²) in [5.41, 5.74) is 7.14. The van der Waals surface area contributed by atoms with E-state index in [4.69, 9.17) is 33.7 Å². The Morgan fingerprint density at radius 1 is 1.07 bits per heavy atom. The van der Waals surface area contributed by atoms with Crippen molar-refractivity contribution in [3.63, 3.8) is 0 Å². The van der Waals surface area contributed by atoms with Crippen LogP contribution in [0.3, 0.4) is 0 Å².